The van der Waals surface area contributed by atoms with Crippen molar-refractivity contribution in [2.45, 2.75) is 72.4 Å². The van der Waals surface area contributed by atoms with Crippen molar-refractivity contribution in [2.24, 2.45) is 16.7 Å². The Kier molecular flexibility index (Phi) is 6.07. The van der Waals surface area contributed by atoms with Crippen LogP contribution in [-0.4, -0.2) is 40.8 Å². The van der Waals surface area contributed by atoms with Gasteiger partial charge in [-0.15, -0.1) is 0 Å². The van der Waals surface area contributed by atoms with E-state index in [0.717, 1.165) is 11.1 Å². The molecule has 5 heteroatoms. The van der Waals surface area contributed by atoms with Crippen LogP contribution in [-0.2, 0) is 19.1 Å². The van der Waals surface area contributed by atoms with Gasteiger partial charge in [0.05, 0.1) is 18.1 Å². The second-order valence-electron chi connectivity index (χ2n) is 9.70. The van der Waals surface area contributed by atoms with Crippen molar-refractivity contribution in [1.29, 1.82) is 0 Å². The number of esters is 1. The molecular formula is C26H34O5. The van der Waals surface area contributed by atoms with Crippen molar-refractivity contribution in [3.8, 4) is 0 Å². The fraction of sp³-hybridized carbons (Fsp3) is 0.538. The highest BCUT2D eigenvalue weighted by Gasteiger charge is 2.73. The van der Waals surface area contributed by atoms with E-state index in [1.807, 2.05) is 83.2 Å². The second-order valence-corrected chi connectivity index (χ2v) is 9.70. The monoisotopic (exact) mass is 426 g/mol. The highest BCUT2D eigenvalue weighted by atomic mass is 16.6. The van der Waals surface area contributed by atoms with E-state index in [0.29, 0.717) is 0 Å². The average Bonchev–Trinajstić information content (AvgIpc) is 2.97. The maximum atomic E-state index is 12.6. The van der Waals surface area contributed by atoms with Crippen molar-refractivity contribution in [3.05, 3.63) is 59.8 Å². The minimum absolute atomic E-state index is 0.0320. The number of allylic oxidation sites excluding steroid dienone is 6. The van der Waals surface area contributed by atoms with E-state index in [-0.39, 0.29) is 23.9 Å². The molecule has 0 aromatic carbocycles. The summed E-state index contributed by atoms with van der Waals surface area (Å²) in [6, 6.07) is 0. The Balaban J connectivity index is 1.64. The molecule has 3 aliphatic rings. The van der Waals surface area contributed by atoms with Crippen LogP contribution in [0.15, 0.2) is 59.8 Å². The van der Waals surface area contributed by atoms with Gasteiger partial charge in [-0.2, -0.15) is 0 Å². The highest BCUT2D eigenvalue weighted by Crippen LogP contribution is 2.60. The predicted molar refractivity (Wildman–Crippen MR) is 120 cm³/mol. The number of hydrogen-bond acceptors (Lipinski definition) is 5. The molecule has 31 heavy (non-hydrogen) atoms. The van der Waals surface area contributed by atoms with Crippen molar-refractivity contribution < 1.29 is 24.2 Å². The molecule has 3 rings (SSSR count). The van der Waals surface area contributed by atoms with Crippen molar-refractivity contribution in [2.75, 3.05) is 0 Å². The van der Waals surface area contributed by atoms with Gasteiger partial charge in [-0.05, 0) is 51.8 Å². The maximum Gasteiger partial charge on any atom is 0.320 e. The predicted octanol–water partition coefficient (Wildman–Crippen LogP) is 4.24. The SMILES string of the molecule is CC1=C[C@@](C)(O)[C@H](C)O[C@H]1/C(C)=C/C=C/C=C/C=C/[C@]1(C)[C@H]2OC(=O)[C@]1(C)C(=O)[C@@H]2C. The Labute approximate surface area is 185 Å². The van der Waals surface area contributed by atoms with Gasteiger partial charge in [-0.3, -0.25) is 9.59 Å². The van der Waals surface area contributed by atoms with Crippen molar-refractivity contribution in [3.63, 3.8) is 0 Å². The first kappa shape index (κ1) is 23.4. The number of ether oxygens (including phenoxy) is 2. The summed E-state index contributed by atoms with van der Waals surface area (Å²) in [6.45, 7) is 13.1. The lowest BCUT2D eigenvalue weighted by Crippen LogP contribution is -2.44. The van der Waals surface area contributed by atoms with Crippen LogP contribution in [0.4, 0.5) is 0 Å². The normalized spacial score (nSPS) is 43.5. The number of fused-ring (bicyclic) bond motifs is 2. The number of hydrogen-bond donors (Lipinski definition) is 1. The molecule has 0 radical (unpaired) electrons. The minimum Gasteiger partial charge on any atom is -0.460 e. The minimum atomic E-state index is -1.11. The quantitative estimate of drug-likeness (QED) is 0.308. The molecule has 0 aromatic heterocycles. The van der Waals surface area contributed by atoms with Gasteiger partial charge in [0, 0.05) is 5.41 Å². The highest BCUT2D eigenvalue weighted by molar-refractivity contribution is 6.10. The maximum absolute atomic E-state index is 12.6. The molecule has 1 aliphatic carbocycles. The molecule has 1 N–H and O–H groups in total. The first-order valence-corrected chi connectivity index (χ1v) is 10.9. The summed E-state index contributed by atoms with van der Waals surface area (Å²) < 4.78 is 11.5. The van der Waals surface area contributed by atoms with E-state index in [1.54, 1.807) is 13.8 Å². The van der Waals surface area contributed by atoms with Crippen LogP contribution in [0.5, 0.6) is 0 Å². The van der Waals surface area contributed by atoms with Gasteiger partial charge in [-0.1, -0.05) is 56.4 Å². The Morgan fingerprint density at radius 3 is 2.32 bits per heavy atom. The molecule has 1 saturated carbocycles. The van der Waals surface area contributed by atoms with Crippen LogP contribution in [0.2, 0.25) is 0 Å². The third kappa shape index (κ3) is 3.68. The summed E-state index contributed by atoms with van der Waals surface area (Å²) in [4.78, 5) is 24.8. The van der Waals surface area contributed by atoms with E-state index < -0.39 is 28.5 Å². The van der Waals surface area contributed by atoms with Crippen molar-refractivity contribution >= 4 is 11.8 Å². The largest absolute Gasteiger partial charge is 0.460 e. The number of aliphatic hydroxyl groups is 1. The van der Waals surface area contributed by atoms with Crippen LogP contribution in [0.25, 0.3) is 0 Å². The van der Waals surface area contributed by atoms with Gasteiger partial charge >= 0.3 is 5.97 Å². The summed E-state index contributed by atoms with van der Waals surface area (Å²) in [6.07, 6.45) is 14.5. The van der Waals surface area contributed by atoms with Crippen LogP contribution in [0, 0.1) is 16.7 Å². The zero-order valence-electron chi connectivity index (χ0n) is 19.5. The molecule has 0 amide bonds. The fourth-order valence-corrected chi connectivity index (χ4v) is 5.01. The van der Waals surface area contributed by atoms with Gasteiger partial charge in [0.2, 0.25) is 0 Å². The number of rotatable bonds is 5. The molecular weight excluding hydrogens is 392 g/mol. The fourth-order valence-electron chi connectivity index (χ4n) is 5.01. The van der Waals surface area contributed by atoms with Crippen LogP contribution >= 0.6 is 0 Å². The molecule has 0 spiro atoms. The zero-order valence-corrected chi connectivity index (χ0v) is 19.5. The topological polar surface area (TPSA) is 72.8 Å². The lowest BCUT2D eigenvalue weighted by molar-refractivity contribution is -0.161. The molecule has 0 aromatic rings. The lowest BCUT2D eigenvalue weighted by atomic mass is 9.68. The smallest absolute Gasteiger partial charge is 0.320 e. The molecule has 0 unspecified atom stereocenters. The molecule has 2 fully saturated rings. The first-order valence-electron chi connectivity index (χ1n) is 10.9. The summed E-state index contributed by atoms with van der Waals surface area (Å²) in [5, 5.41) is 10.3. The number of carbonyl (C=O) groups excluding carboxylic acids is 2. The molecule has 5 nitrogen and oxygen atoms in total. The van der Waals surface area contributed by atoms with E-state index >= 15 is 0 Å². The number of ketones is 1. The molecule has 7 atom stereocenters. The second kappa shape index (κ2) is 8.03. The lowest BCUT2D eigenvalue weighted by Gasteiger charge is -2.37. The third-order valence-corrected chi connectivity index (χ3v) is 7.43. The van der Waals surface area contributed by atoms with Gasteiger partial charge in [-0.25, -0.2) is 0 Å². The first-order chi connectivity index (χ1) is 14.4. The summed E-state index contributed by atoms with van der Waals surface area (Å²) in [5.74, 6) is -0.724. The van der Waals surface area contributed by atoms with E-state index in [2.05, 4.69) is 0 Å². The molecule has 2 bridgehead atoms. The summed E-state index contributed by atoms with van der Waals surface area (Å²) in [7, 11) is 0. The Morgan fingerprint density at radius 1 is 1.06 bits per heavy atom. The van der Waals surface area contributed by atoms with Gasteiger partial charge in [0.15, 0.2) is 5.78 Å². The van der Waals surface area contributed by atoms with E-state index in [4.69, 9.17) is 9.47 Å². The molecule has 2 heterocycles. The van der Waals surface area contributed by atoms with Gasteiger partial charge in [0.25, 0.3) is 0 Å². The number of carbonyl (C=O) groups is 2. The number of Topliss-reactive ketones (excluding diaryl/α,β-unsaturated/α-hetero) is 1. The van der Waals surface area contributed by atoms with E-state index in [9.17, 15) is 14.7 Å². The standard InChI is InChI=1S/C26H34O5/c1-16(20-17(2)15-25(6,29)19(4)30-20)13-11-9-8-10-12-14-24(5)22-18(3)21(27)26(24,7)23(28)31-22/h8-15,18-20,22,29H,1-7H3/b10-8+,11-9+,14-12+,16-13+/t18-,19-,20-,22-,24+,25+,26-/m0/s1. The third-order valence-electron chi connectivity index (χ3n) is 7.43. The van der Waals surface area contributed by atoms with Crippen LogP contribution in [0.3, 0.4) is 0 Å². The zero-order chi connectivity index (χ0) is 23.2. The summed E-state index contributed by atoms with van der Waals surface area (Å²) >= 11 is 0. The molecule has 1 saturated heterocycles. The Hall–Kier alpha value is -2.24. The van der Waals surface area contributed by atoms with Gasteiger partial charge in [0.1, 0.15) is 17.1 Å². The van der Waals surface area contributed by atoms with Gasteiger partial charge < -0.3 is 14.6 Å². The molecule has 168 valence electrons. The van der Waals surface area contributed by atoms with Crippen molar-refractivity contribution in [1.82, 2.24) is 0 Å². The Bertz CT molecular complexity index is 918. The Morgan fingerprint density at radius 2 is 1.68 bits per heavy atom. The van der Waals surface area contributed by atoms with Crippen LogP contribution in [0.1, 0.15) is 48.5 Å². The molecule has 2 aliphatic heterocycles. The van der Waals surface area contributed by atoms with E-state index in [1.165, 1.54) is 0 Å². The van der Waals surface area contributed by atoms with Crippen LogP contribution < -0.4 is 0 Å². The average molecular weight is 427 g/mol. The summed E-state index contributed by atoms with van der Waals surface area (Å²) in [5.41, 5.74) is -0.633.